The summed E-state index contributed by atoms with van der Waals surface area (Å²) in [5.41, 5.74) is 1.21. The first kappa shape index (κ1) is 22.6. The van der Waals surface area contributed by atoms with Gasteiger partial charge in [0.05, 0.1) is 45.9 Å². The van der Waals surface area contributed by atoms with Crippen molar-refractivity contribution in [2.75, 3.05) is 34.4 Å². The number of nitrogens with zero attached hydrogens (tertiary/aromatic N) is 1. The molecule has 1 heterocycles. The van der Waals surface area contributed by atoms with E-state index < -0.39 is 5.92 Å². The lowest BCUT2D eigenvalue weighted by atomic mass is 9.97. The molecule has 2 aromatic rings. The van der Waals surface area contributed by atoms with Gasteiger partial charge < -0.3 is 29.5 Å². The van der Waals surface area contributed by atoms with Crippen LogP contribution < -0.4 is 19.5 Å². The highest BCUT2D eigenvalue weighted by atomic mass is 35.5. The number of amides is 2. The fraction of sp³-hybridized carbons (Fsp3) is 0.364. The van der Waals surface area contributed by atoms with Crippen molar-refractivity contribution in [3.05, 3.63) is 46.5 Å². The molecule has 1 saturated heterocycles. The molecule has 0 saturated carbocycles. The van der Waals surface area contributed by atoms with E-state index >= 15 is 0 Å². The highest BCUT2D eigenvalue weighted by Gasteiger charge is 2.31. The summed E-state index contributed by atoms with van der Waals surface area (Å²) >= 11 is 6.04. The van der Waals surface area contributed by atoms with Crippen molar-refractivity contribution in [2.24, 2.45) is 5.92 Å². The molecule has 1 aliphatic heterocycles. The van der Waals surface area contributed by atoms with Crippen molar-refractivity contribution in [2.45, 2.75) is 13.0 Å². The van der Waals surface area contributed by atoms with E-state index in [1.165, 1.54) is 20.3 Å². The van der Waals surface area contributed by atoms with Crippen molar-refractivity contribution in [3.63, 3.8) is 0 Å². The molecule has 9 heteroatoms. The van der Waals surface area contributed by atoms with Gasteiger partial charge in [-0.3, -0.25) is 9.59 Å². The van der Waals surface area contributed by atoms with E-state index in [9.17, 15) is 14.7 Å². The number of carbonyl (C=O) groups is 2. The molecule has 3 rings (SSSR count). The van der Waals surface area contributed by atoms with Gasteiger partial charge in [-0.25, -0.2) is 0 Å². The van der Waals surface area contributed by atoms with Crippen LogP contribution in [-0.2, 0) is 22.6 Å². The van der Waals surface area contributed by atoms with Gasteiger partial charge in [-0.1, -0.05) is 11.6 Å². The van der Waals surface area contributed by atoms with Crippen LogP contribution in [0.5, 0.6) is 23.0 Å². The van der Waals surface area contributed by atoms with Crippen molar-refractivity contribution in [1.29, 1.82) is 0 Å². The van der Waals surface area contributed by atoms with Gasteiger partial charge in [0.2, 0.25) is 11.8 Å². The highest BCUT2D eigenvalue weighted by molar-refractivity contribution is 6.30. The number of aromatic hydroxyl groups is 1. The molecular weight excluding hydrogens is 424 g/mol. The first-order valence-corrected chi connectivity index (χ1v) is 10.1. The Hall–Kier alpha value is -3.13. The Morgan fingerprint density at radius 2 is 1.77 bits per heavy atom. The number of halogens is 1. The number of benzene rings is 2. The van der Waals surface area contributed by atoms with Gasteiger partial charge in [-0.2, -0.15) is 0 Å². The van der Waals surface area contributed by atoms with Gasteiger partial charge in [-0.15, -0.1) is 0 Å². The number of phenols is 1. The molecule has 2 amide bonds. The number of hydrogen-bond donors (Lipinski definition) is 2. The molecule has 1 aliphatic rings. The summed E-state index contributed by atoms with van der Waals surface area (Å²) in [4.78, 5) is 26.9. The molecule has 166 valence electrons. The monoisotopic (exact) mass is 448 g/mol. The molecule has 1 fully saturated rings. The number of carbonyl (C=O) groups excluding carboxylic acids is 2. The summed E-state index contributed by atoms with van der Waals surface area (Å²) in [6.45, 7) is 0.231. The molecule has 0 spiro atoms. The Kier molecular flexibility index (Phi) is 7.12. The number of methoxy groups -OCH3 is 3. The number of phenolic OH excluding ortho intramolecular Hbond substituents is 1. The third kappa shape index (κ3) is 5.14. The van der Waals surface area contributed by atoms with E-state index in [0.717, 1.165) is 0 Å². The van der Waals surface area contributed by atoms with Gasteiger partial charge in [0.25, 0.3) is 0 Å². The summed E-state index contributed by atoms with van der Waals surface area (Å²) in [5.74, 6) is 0.581. The molecule has 2 aromatic carbocycles. The first-order chi connectivity index (χ1) is 14.9. The highest BCUT2D eigenvalue weighted by Crippen LogP contribution is 2.35. The first-order valence-electron chi connectivity index (χ1n) is 9.68. The molecule has 0 aromatic heterocycles. The minimum Gasteiger partial charge on any atom is -0.508 e. The maximum absolute atomic E-state index is 12.7. The SMILES string of the molecule is COc1cc(OC)c(CN2C[C@@H](Cc3cc(Cl)ccc3O)C(=O)NCC2=O)c(OC)c1. The van der Waals surface area contributed by atoms with E-state index in [4.69, 9.17) is 25.8 Å². The van der Waals surface area contributed by atoms with Crippen LogP contribution in [0, 0.1) is 5.92 Å². The van der Waals surface area contributed by atoms with E-state index in [1.54, 1.807) is 36.3 Å². The predicted octanol–water partition coefficient (Wildman–Crippen LogP) is 2.39. The number of nitrogens with one attached hydrogen (secondary N) is 1. The Balaban J connectivity index is 1.89. The number of rotatable bonds is 7. The Labute approximate surface area is 185 Å². The fourth-order valence-electron chi connectivity index (χ4n) is 3.59. The average Bonchev–Trinajstić information content (AvgIpc) is 2.90. The summed E-state index contributed by atoms with van der Waals surface area (Å²) < 4.78 is 16.2. The second kappa shape index (κ2) is 9.78. The van der Waals surface area contributed by atoms with Gasteiger partial charge in [0, 0.05) is 23.7 Å². The van der Waals surface area contributed by atoms with E-state index in [2.05, 4.69) is 5.32 Å². The zero-order valence-corrected chi connectivity index (χ0v) is 18.4. The van der Waals surface area contributed by atoms with Crippen LogP contribution in [0.2, 0.25) is 5.02 Å². The van der Waals surface area contributed by atoms with Crippen molar-refractivity contribution < 1.29 is 28.9 Å². The molecule has 2 N–H and O–H groups in total. The minimum absolute atomic E-state index is 0.0535. The molecular formula is C22H25ClN2O6. The zero-order valence-electron chi connectivity index (χ0n) is 17.6. The normalized spacial score (nSPS) is 16.5. The Bertz CT molecular complexity index is 955. The van der Waals surface area contributed by atoms with Crippen LogP contribution in [0.25, 0.3) is 0 Å². The lowest BCUT2D eigenvalue weighted by Crippen LogP contribution is -2.35. The van der Waals surface area contributed by atoms with Gasteiger partial charge in [-0.05, 0) is 30.2 Å². The third-order valence-corrected chi connectivity index (χ3v) is 5.49. The summed E-state index contributed by atoms with van der Waals surface area (Å²) in [6.07, 6.45) is 0.235. The zero-order chi connectivity index (χ0) is 22.5. The summed E-state index contributed by atoms with van der Waals surface area (Å²) in [6, 6.07) is 8.11. The second-order valence-electron chi connectivity index (χ2n) is 7.18. The lowest BCUT2D eigenvalue weighted by molar-refractivity contribution is -0.130. The molecule has 8 nitrogen and oxygen atoms in total. The predicted molar refractivity (Wildman–Crippen MR) is 115 cm³/mol. The van der Waals surface area contributed by atoms with Crippen LogP contribution in [0.4, 0.5) is 0 Å². The van der Waals surface area contributed by atoms with Gasteiger partial charge in [0.1, 0.15) is 23.0 Å². The van der Waals surface area contributed by atoms with Crippen LogP contribution in [0.15, 0.2) is 30.3 Å². The minimum atomic E-state index is -0.564. The number of hydrogen-bond acceptors (Lipinski definition) is 6. The third-order valence-electron chi connectivity index (χ3n) is 5.25. The van der Waals surface area contributed by atoms with E-state index in [1.807, 2.05) is 0 Å². The molecule has 31 heavy (non-hydrogen) atoms. The topological polar surface area (TPSA) is 97.3 Å². The van der Waals surface area contributed by atoms with Crippen molar-refractivity contribution in [1.82, 2.24) is 10.2 Å². The quantitative estimate of drug-likeness (QED) is 0.675. The summed E-state index contributed by atoms with van der Waals surface area (Å²) in [5, 5.41) is 13.3. The van der Waals surface area contributed by atoms with E-state index in [-0.39, 0.29) is 43.6 Å². The van der Waals surface area contributed by atoms with Gasteiger partial charge in [0.15, 0.2) is 0 Å². The van der Waals surface area contributed by atoms with Crippen LogP contribution in [0.1, 0.15) is 11.1 Å². The van der Waals surface area contributed by atoms with Gasteiger partial charge >= 0.3 is 0 Å². The maximum Gasteiger partial charge on any atom is 0.242 e. The molecule has 1 atom stereocenters. The largest absolute Gasteiger partial charge is 0.508 e. The standard InChI is InChI=1S/C22H25ClN2O6/c1-29-16-8-19(30-2)17(20(9-16)31-3)12-25-11-14(22(28)24-10-21(25)27)6-13-7-15(23)4-5-18(13)26/h4-5,7-9,14,26H,6,10-12H2,1-3H3,(H,24,28)/t14-/m1/s1. The smallest absolute Gasteiger partial charge is 0.242 e. The number of ether oxygens (including phenoxy) is 3. The lowest BCUT2D eigenvalue weighted by Gasteiger charge is -2.25. The fourth-order valence-corrected chi connectivity index (χ4v) is 3.78. The Morgan fingerprint density at radius 3 is 2.39 bits per heavy atom. The van der Waals surface area contributed by atoms with Crippen LogP contribution >= 0.6 is 11.6 Å². The maximum atomic E-state index is 12.7. The Morgan fingerprint density at radius 1 is 1.10 bits per heavy atom. The summed E-state index contributed by atoms with van der Waals surface area (Å²) in [7, 11) is 4.59. The molecule has 0 unspecified atom stereocenters. The van der Waals surface area contributed by atoms with Crippen LogP contribution in [0.3, 0.4) is 0 Å². The molecule has 0 bridgehead atoms. The second-order valence-corrected chi connectivity index (χ2v) is 7.61. The van der Waals surface area contributed by atoms with Crippen molar-refractivity contribution in [3.8, 4) is 23.0 Å². The molecule has 0 radical (unpaired) electrons. The van der Waals surface area contributed by atoms with Crippen molar-refractivity contribution >= 4 is 23.4 Å². The molecule has 0 aliphatic carbocycles. The average molecular weight is 449 g/mol. The van der Waals surface area contributed by atoms with E-state index in [0.29, 0.717) is 33.4 Å². The van der Waals surface area contributed by atoms with Crippen LogP contribution in [-0.4, -0.2) is 56.2 Å².